The minimum absolute atomic E-state index is 0.0119. The summed E-state index contributed by atoms with van der Waals surface area (Å²) in [6, 6.07) is 0. The molecule has 1 aliphatic heterocycles. The van der Waals surface area contributed by atoms with Crippen molar-refractivity contribution in [2.75, 3.05) is 26.2 Å². The van der Waals surface area contributed by atoms with E-state index in [0.717, 1.165) is 19.0 Å². The number of piperazine rings is 1. The van der Waals surface area contributed by atoms with Gasteiger partial charge in [0.2, 0.25) is 0 Å². The lowest BCUT2D eigenvalue weighted by molar-refractivity contribution is -0.0808. The molecule has 0 bridgehead atoms. The van der Waals surface area contributed by atoms with Crippen LogP contribution in [0.5, 0.6) is 0 Å². The predicted molar refractivity (Wildman–Crippen MR) is 85.1 cm³/mol. The highest BCUT2D eigenvalue weighted by Gasteiger charge is 2.33. The van der Waals surface area contributed by atoms with Gasteiger partial charge in [-0.1, -0.05) is 0 Å². The fourth-order valence-corrected chi connectivity index (χ4v) is 3.61. The third kappa shape index (κ3) is 4.71. The van der Waals surface area contributed by atoms with E-state index in [9.17, 15) is 0 Å². The van der Waals surface area contributed by atoms with Crippen LogP contribution in [0.15, 0.2) is 0 Å². The molecule has 118 valence electrons. The molecule has 0 aromatic rings. The Hall–Kier alpha value is -0.120. The Bertz CT molecular complexity index is 301. The van der Waals surface area contributed by atoms with Crippen molar-refractivity contribution in [3.63, 3.8) is 0 Å². The second kappa shape index (κ2) is 6.33. The van der Waals surface area contributed by atoms with Gasteiger partial charge < -0.3 is 10.1 Å². The van der Waals surface area contributed by atoms with E-state index < -0.39 is 0 Å². The Kier molecular flexibility index (Phi) is 5.14. The number of hydrogen-bond acceptors (Lipinski definition) is 3. The normalized spacial score (nSPS) is 32.2. The van der Waals surface area contributed by atoms with Gasteiger partial charge in [-0.3, -0.25) is 4.90 Å². The lowest BCUT2D eigenvalue weighted by Crippen LogP contribution is -2.59. The van der Waals surface area contributed by atoms with E-state index in [1.807, 2.05) is 0 Å². The first-order valence-electron chi connectivity index (χ1n) is 8.40. The van der Waals surface area contributed by atoms with Gasteiger partial charge in [0.25, 0.3) is 0 Å². The largest absolute Gasteiger partial charge is 0.373 e. The van der Waals surface area contributed by atoms with Gasteiger partial charge in [0, 0.05) is 31.7 Å². The zero-order chi connectivity index (χ0) is 14.8. The Balaban J connectivity index is 1.77. The van der Waals surface area contributed by atoms with Crippen molar-refractivity contribution in [3.05, 3.63) is 0 Å². The first kappa shape index (κ1) is 16.3. The number of hydrogen-bond donors (Lipinski definition) is 1. The van der Waals surface area contributed by atoms with E-state index >= 15 is 0 Å². The summed E-state index contributed by atoms with van der Waals surface area (Å²) in [6.45, 7) is 16.0. The zero-order valence-electron chi connectivity index (χ0n) is 14.2. The Morgan fingerprint density at radius 1 is 1.15 bits per heavy atom. The van der Waals surface area contributed by atoms with Crippen molar-refractivity contribution in [1.82, 2.24) is 10.2 Å². The second-order valence-electron chi connectivity index (χ2n) is 8.31. The number of ether oxygens (including phenoxy) is 1. The molecule has 2 aliphatic rings. The van der Waals surface area contributed by atoms with Gasteiger partial charge in [-0.2, -0.15) is 0 Å². The molecule has 0 atom stereocenters. The molecule has 2 rings (SSSR count). The van der Waals surface area contributed by atoms with Crippen LogP contribution in [-0.2, 0) is 4.74 Å². The fourth-order valence-electron chi connectivity index (χ4n) is 3.61. The molecule has 0 aromatic carbocycles. The van der Waals surface area contributed by atoms with E-state index in [4.69, 9.17) is 4.74 Å². The SMILES string of the molecule is CC(C)(C)O[C@H]1CC[C@H](CN2CCNCC2(C)C)CC1. The molecular formula is C17H34N2O. The molecule has 3 nitrogen and oxygen atoms in total. The number of rotatable bonds is 3. The van der Waals surface area contributed by atoms with Crippen molar-refractivity contribution in [2.45, 2.75) is 77.5 Å². The van der Waals surface area contributed by atoms with E-state index in [2.05, 4.69) is 44.8 Å². The number of nitrogens with one attached hydrogen (secondary N) is 1. The van der Waals surface area contributed by atoms with E-state index in [1.54, 1.807) is 0 Å². The molecule has 0 spiro atoms. The maximum Gasteiger partial charge on any atom is 0.0602 e. The van der Waals surface area contributed by atoms with Gasteiger partial charge in [0.15, 0.2) is 0 Å². The molecule has 1 N–H and O–H groups in total. The highest BCUT2D eigenvalue weighted by atomic mass is 16.5. The Morgan fingerprint density at radius 3 is 2.35 bits per heavy atom. The summed E-state index contributed by atoms with van der Waals surface area (Å²) in [5.41, 5.74) is 0.328. The van der Waals surface area contributed by atoms with E-state index in [1.165, 1.54) is 38.8 Å². The van der Waals surface area contributed by atoms with Crippen molar-refractivity contribution < 1.29 is 4.74 Å². The number of nitrogens with zero attached hydrogens (tertiary/aromatic N) is 1. The fraction of sp³-hybridized carbons (Fsp3) is 1.00. The average molecular weight is 282 g/mol. The monoisotopic (exact) mass is 282 g/mol. The summed E-state index contributed by atoms with van der Waals surface area (Å²) in [7, 11) is 0. The summed E-state index contributed by atoms with van der Waals surface area (Å²) in [6.07, 6.45) is 5.65. The Morgan fingerprint density at radius 2 is 1.80 bits per heavy atom. The van der Waals surface area contributed by atoms with Crippen LogP contribution in [0.3, 0.4) is 0 Å². The molecule has 20 heavy (non-hydrogen) atoms. The van der Waals surface area contributed by atoms with Crippen LogP contribution in [0.2, 0.25) is 0 Å². The second-order valence-corrected chi connectivity index (χ2v) is 8.31. The third-order valence-electron chi connectivity index (χ3n) is 4.76. The summed E-state index contributed by atoms with van der Waals surface area (Å²) < 4.78 is 6.13. The zero-order valence-corrected chi connectivity index (χ0v) is 14.2. The van der Waals surface area contributed by atoms with Gasteiger partial charge in [-0.05, 0) is 66.2 Å². The van der Waals surface area contributed by atoms with E-state index in [0.29, 0.717) is 11.6 Å². The molecule has 2 fully saturated rings. The van der Waals surface area contributed by atoms with Crippen LogP contribution < -0.4 is 5.32 Å². The van der Waals surface area contributed by atoms with Crippen molar-refractivity contribution in [1.29, 1.82) is 0 Å². The lowest BCUT2D eigenvalue weighted by atomic mass is 9.85. The van der Waals surface area contributed by atoms with Crippen LogP contribution in [0, 0.1) is 5.92 Å². The van der Waals surface area contributed by atoms with Crippen LogP contribution in [-0.4, -0.2) is 48.3 Å². The summed E-state index contributed by atoms with van der Waals surface area (Å²) in [5, 5.41) is 3.51. The third-order valence-corrected chi connectivity index (χ3v) is 4.76. The lowest BCUT2D eigenvalue weighted by Gasteiger charge is -2.45. The molecule has 1 aliphatic carbocycles. The van der Waals surface area contributed by atoms with Crippen molar-refractivity contribution >= 4 is 0 Å². The quantitative estimate of drug-likeness (QED) is 0.861. The highest BCUT2D eigenvalue weighted by Crippen LogP contribution is 2.31. The summed E-state index contributed by atoms with van der Waals surface area (Å²) >= 11 is 0. The van der Waals surface area contributed by atoms with Gasteiger partial charge >= 0.3 is 0 Å². The topological polar surface area (TPSA) is 24.5 Å². The molecule has 1 saturated heterocycles. The van der Waals surface area contributed by atoms with Gasteiger partial charge in [0.1, 0.15) is 0 Å². The molecule has 0 radical (unpaired) electrons. The first-order chi connectivity index (χ1) is 9.26. The molecule has 1 saturated carbocycles. The van der Waals surface area contributed by atoms with Crippen molar-refractivity contribution in [2.24, 2.45) is 5.92 Å². The minimum atomic E-state index is 0.0119. The Labute approximate surface area is 125 Å². The summed E-state index contributed by atoms with van der Waals surface area (Å²) in [4.78, 5) is 2.69. The standard InChI is InChI=1S/C17H34N2O/c1-16(2,3)20-15-8-6-14(7-9-15)12-19-11-10-18-13-17(19,4)5/h14-15,18H,6-13H2,1-5H3/t14-,15-. The average Bonchev–Trinajstić information content (AvgIpc) is 2.32. The minimum Gasteiger partial charge on any atom is -0.373 e. The van der Waals surface area contributed by atoms with E-state index in [-0.39, 0.29) is 5.60 Å². The molecular weight excluding hydrogens is 248 g/mol. The van der Waals surface area contributed by atoms with Crippen LogP contribution >= 0.6 is 0 Å². The van der Waals surface area contributed by atoms with Gasteiger partial charge in [-0.25, -0.2) is 0 Å². The highest BCUT2D eigenvalue weighted by molar-refractivity contribution is 4.90. The molecule has 0 unspecified atom stereocenters. The van der Waals surface area contributed by atoms with Crippen LogP contribution in [0.1, 0.15) is 60.3 Å². The van der Waals surface area contributed by atoms with Crippen molar-refractivity contribution in [3.8, 4) is 0 Å². The van der Waals surface area contributed by atoms with Crippen LogP contribution in [0.25, 0.3) is 0 Å². The molecule has 0 aromatic heterocycles. The predicted octanol–water partition coefficient (Wildman–Crippen LogP) is 3.04. The first-order valence-corrected chi connectivity index (χ1v) is 8.40. The maximum atomic E-state index is 6.13. The molecule has 1 heterocycles. The summed E-state index contributed by atoms with van der Waals surface area (Å²) in [5.74, 6) is 0.868. The smallest absolute Gasteiger partial charge is 0.0602 e. The molecule has 3 heteroatoms. The molecule has 0 amide bonds. The maximum absolute atomic E-state index is 6.13. The van der Waals surface area contributed by atoms with Crippen LogP contribution in [0.4, 0.5) is 0 Å². The van der Waals surface area contributed by atoms with Gasteiger partial charge in [-0.15, -0.1) is 0 Å². The van der Waals surface area contributed by atoms with Gasteiger partial charge in [0.05, 0.1) is 11.7 Å².